The lowest BCUT2D eigenvalue weighted by Crippen LogP contribution is -2.42. The first-order valence-corrected chi connectivity index (χ1v) is 14.5. The summed E-state index contributed by atoms with van der Waals surface area (Å²) in [6.45, 7) is 19.3. The summed E-state index contributed by atoms with van der Waals surface area (Å²) in [4.78, 5) is 12.5. The SMILES string of the molecule is CC(=O)N1N=C2CCCC[C@]23N=N/C(=C(\O[Si](C)(C)C(C)(C)C)C(C)(C)C)[P@@]13. The third kappa shape index (κ3) is 3.39. The van der Waals surface area contributed by atoms with Crippen molar-refractivity contribution in [3.05, 3.63) is 11.2 Å². The average molecular weight is 423 g/mol. The van der Waals surface area contributed by atoms with Gasteiger partial charge in [-0.3, -0.25) is 4.79 Å². The Morgan fingerprint density at radius 2 is 1.82 bits per heavy atom. The zero-order valence-corrected chi connectivity index (χ0v) is 20.8. The van der Waals surface area contributed by atoms with Crippen LogP contribution in [0.15, 0.2) is 26.5 Å². The van der Waals surface area contributed by atoms with Gasteiger partial charge in [0.25, 0.3) is 0 Å². The summed E-state index contributed by atoms with van der Waals surface area (Å²) in [7, 11) is -3.18. The lowest BCUT2D eigenvalue weighted by Gasteiger charge is -2.41. The maximum absolute atomic E-state index is 12.5. The molecular weight excluding hydrogens is 387 g/mol. The molecule has 3 rings (SSSR count). The van der Waals surface area contributed by atoms with Gasteiger partial charge in [0, 0.05) is 12.3 Å². The van der Waals surface area contributed by atoms with E-state index in [9.17, 15) is 4.79 Å². The highest BCUT2D eigenvalue weighted by molar-refractivity contribution is 7.63. The van der Waals surface area contributed by atoms with Crippen molar-refractivity contribution in [3.63, 3.8) is 0 Å². The van der Waals surface area contributed by atoms with E-state index in [1.807, 2.05) is 0 Å². The molecule has 6 nitrogen and oxygen atoms in total. The molecule has 0 radical (unpaired) electrons. The summed E-state index contributed by atoms with van der Waals surface area (Å²) in [5.74, 6) is 0.872. The molecule has 3 aliphatic rings. The number of rotatable bonds is 2. The fraction of sp³-hybridized carbons (Fsp3) is 0.800. The first-order valence-electron chi connectivity index (χ1n) is 10.3. The van der Waals surface area contributed by atoms with Crippen molar-refractivity contribution in [2.24, 2.45) is 20.7 Å². The molecule has 8 heteroatoms. The average Bonchev–Trinajstić information content (AvgIpc) is 3.04. The molecule has 0 saturated heterocycles. The molecule has 2 heterocycles. The monoisotopic (exact) mass is 422 g/mol. The number of carbonyl (C=O) groups is 1. The Labute approximate surface area is 171 Å². The summed E-state index contributed by atoms with van der Waals surface area (Å²) >= 11 is 0. The number of azo groups is 1. The number of hydrogen-bond acceptors (Lipinski definition) is 5. The predicted molar refractivity (Wildman–Crippen MR) is 118 cm³/mol. The second-order valence-corrected chi connectivity index (χ2v) is 17.5. The van der Waals surface area contributed by atoms with E-state index in [1.54, 1.807) is 11.7 Å². The van der Waals surface area contributed by atoms with Crippen molar-refractivity contribution < 1.29 is 9.22 Å². The fourth-order valence-electron chi connectivity index (χ4n) is 3.57. The van der Waals surface area contributed by atoms with Gasteiger partial charge in [-0.1, -0.05) is 41.5 Å². The van der Waals surface area contributed by atoms with Crippen LogP contribution in [0.2, 0.25) is 18.1 Å². The number of hydrogen-bond donors (Lipinski definition) is 0. The zero-order chi connectivity index (χ0) is 21.1. The largest absolute Gasteiger partial charge is 0.544 e. The second-order valence-electron chi connectivity index (χ2n) is 10.7. The van der Waals surface area contributed by atoms with E-state index < -0.39 is 21.7 Å². The quantitative estimate of drug-likeness (QED) is 0.287. The minimum atomic E-state index is -2.07. The lowest BCUT2D eigenvalue weighted by atomic mass is 9.93. The Balaban J connectivity index is 2.14. The van der Waals surface area contributed by atoms with E-state index in [-0.39, 0.29) is 16.4 Å². The van der Waals surface area contributed by atoms with Crippen LogP contribution < -0.4 is 0 Å². The van der Waals surface area contributed by atoms with E-state index in [0.717, 1.165) is 42.6 Å². The van der Waals surface area contributed by atoms with Gasteiger partial charge in [-0.25, -0.2) is 4.78 Å². The Hall–Kier alpha value is -1.07. The van der Waals surface area contributed by atoms with Gasteiger partial charge in [-0.05, 0) is 43.8 Å². The van der Waals surface area contributed by atoms with Crippen LogP contribution in [-0.4, -0.2) is 30.0 Å². The summed E-state index contributed by atoms with van der Waals surface area (Å²) in [6.07, 6.45) is 4.04. The highest BCUT2D eigenvalue weighted by Gasteiger charge is 2.60. The topological polar surface area (TPSA) is 66.6 Å². The maximum atomic E-state index is 12.5. The minimum absolute atomic E-state index is 0.0298. The molecule has 0 aromatic carbocycles. The Bertz CT molecular complexity index is 776. The zero-order valence-electron chi connectivity index (χ0n) is 18.9. The van der Waals surface area contributed by atoms with Crippen molar-refractivity contribution in [1.82, 2.24) is 4.78 Å². The van der Waals surface area contributed by atoms with E-state index in [4.69, 9.17) is 19.8 Å². The van der Waals surface area contributed by atoms with Crippen LogP contribution in [0.1, 0.15) is 74.1 Å². The molecule has 1 amide bonds. The molecule has 28 heavy (non-hydrogen) atoms. The molecule has 0 aromatic heterocycles. The Morgan fingerprint density at radius 3 is 2.36 bits per heavy atom. The normalized spacial score (nSPS) is 29.4. The van der Waals surface area contributed by atoms with Crippen molar-refractivity contribution in [3.8, 4) is 0 Å². The molecule has 0 unspecified atom stereocenters. The van der Waals surface area contributed by atoms with E-state index in [2.05, 4.69) is 54.6 Å². The molecule has 156 valence electrons. The van der Waals surface area contributed by atoms with Crippen molar-refractivity contribution >= 4 is 28.0 Å². The van der Waals surface area contributed by atoms with Gasteiger partial charge in [0.15, 0.2) is 5.28 Å². The third-order valence-corrected chi connectivity index (χ3v) is 13.3. The van der Waals surface area contributed by atoms with Gasteiger partial charge in [-0.2, -0.15) is 10.2 Å². The van der Waals surface area contributed by atoms with Crippen LogP contribution in [0.4, 0.5) is 0 Å². The molecular formula is C20H35N4O2PSi. The van der Waals surface area contributed by atoms with Crippen molar-refractivity contribution in [2.45, 2.75) is 97.6 Å². The summed E-state index contributed by atoms with van der Waals surface area (Å²) in [5, 5.41) is 13.9. The number of allylic oxidation sites excluding steroid dienone is 1. The van der Waals surface area contributed by atoms with Crippen LogP contribution in [0.3, 0.4) is 0 Å². The van der Waals surface area contributed by atoms with Gasteiger partial charge in [0.1, 0.15) is 19.3 Å². The maximum Gasteiger partial charge on any atom is 0.250 e. The van der Waals surface area contributed by atoms with Crippen LogP contribution in [0.25, 0.3) is 0 Å². The third-order valence-electron chi connectivity index (χ3n) is 6.25. The van der Waals surface area contributed by atoms with Crippen molar-refractivity contribution in [1.29, 1.82) is 0 Å². The van der Waals surface area contributed by atoms with Gasteiger partial charge < -0.3 is 4.43 Å². The molecule has 0 bridgehead atoms. The molecule has 1 saturated carbocycles. The Kier molecular flexibility index (Phi) is 5.20. The molecule has 1 fully saturated rings. The number of nitrogens with zero attached hydrogens (tertiary/aromatic N) is 4. The Morgan fingerprint density at radius 1 is 1.18 bits per heavy atom. The minimum Gasteiger partial charge on any atom is -0.544 e. The van der Waals surface area contributed by atoms with Gasteiger partial charge in [0.2, 0.25) is 14.2 Å². The standard InChI is InChI=1S/C20H35N4O2PSi/c1-14(25)24-22-15-12-10-11-13-20(15)23-21-17(27(20)24)16(18(2,3)4)26-28(8,9)19(5,6)7/h10-13H2,1-9H3/b17-16+/t20-,27-/m1/s1. The van der Waals surface area contributed by atoms with Crippen LogP contribution in [0.5, 0.6) is 0 Å². The smallest absolute Gasteiger partial charge is 0.250 e. The van der Waals surface area contributed by atoms with Crippen LogP contribution in [-0.2, 0) is 9.22 Å². The summed E-state index contributed by atoms with van der Waals surface area (Å²) in [5.41, 5.74) is 1.68. The highest BCUT2D eigenvalue weighted by atomic mass is 31.1. The van der Waals surface area contributed by atoms with Gasteiger partial charge in [0.05, 0.1) is 5.71 Å². The van der Waals surface area contributed by atoms with Crippen molar-refractivity contribution in [2.75, 3.05) is 0 Å². The summed E-state index contributed by atoms with van der Waals surface area (Å²) < 4.78 is 8.54. The first-order chi connectivity index (χ1) is 12.7. The lowest BCUT2D eigenvalue weighted by molar-refractivity contribution is -0.124. The molecule has 1 spiro atoms. The molecule has 0 N–H and O–H groups in total. The van der Waals surface area contributed by atoms with E-state index in [1.165, 1.54) is 0 Å². The van der Waals surface area contributed by atoms with E-state index in [0.29, 0.717) is 0 Å². The number of hydrazone groups is 1. The van der Waals surface area contributed by atoms with E-state index >= 15 is 0 Å². The second kappa shape index (κ2) is 6.73. The van der Waals surface area contributed by atoms with Gasteiger partial charge >= 0.3 is 0 Å². The van der Waals surface area contributed by atoms with Crippen LogP contribution in [0, 0.1) is 5.41 Å². The molecule has 2 atom stereocenters. The number of carbonyl (C=O) groups excluding carboxylic acids is 1. The molecule has 1 aliphatic carbocycles. The molecule has 2 aliphatic heterocycles. The highest BCUT2D eigenvalue weighted by Crippen LogP contribution is 2.72. The van der Waals surface area contributed by atoms with Gasteiger partial charge in [-0.15, -0.1) is 5.11 Å². The molecule has 0 aromatic rings. The fourth-order valence-corrected chi connectivity index (χ4v) is 7.80. The first kappa shape index (κ1) is 21.6. The summed E-state index contributed by atoms with van der Waals surface area (Å²) in [6, 6.07) is 0. The predicted octanol–water partition coefficient (Wildman–Crippen LogP) is 6.57. The number of amides is 1. The van der Waals surface area contributed by atoms with Crippen LogP contribution >= 0.6 is 8.07 Å².